The summed E-state index contributed by atoms with van der Waals surface area (Å²) in [6.07, 6.45) is 1.49. The summed E-state index contributed by atoms with van der Waals surface area (Å²) < 4.78 is 15.0. The molecule has 1 heterocycles. The van der Waals surface area contributed by atoms with Crippen molar-refractivity contribution in [3.8, 4) is 0 Å². The van der Waals surface area contributed by atoms with Crippen LogP contribution in [0.2, 0.25) is 0 Å². The van der Waals surface area contributed by atoms with Gasteiger partial charge in [0.2, 0.25) is 0 Å². The van der Waals surface area contributed by atoms with E-state index in [1.54, 1.807) is 11.6 Å². The van der Waals surface area contributed by atoms with Crippen LogP contribution in [0.3, 0.4) is 0 Å². The second kappa shape index (κ2) is 4.54. The average Bonchev–Trinajstić information content (AvgIpc) is 2.64. The molecule has 5 nitrogen and oxygen atoms in total. The Balaban J connectivity index is 2.43. The van der Waals surface area contributed by atoms with Crippen LogP contribution in [0.5, 0.6) is 0 Å². The van der Waals surface area contributed by atoms with Gasteiger partial charge < -0.3 is 9.67 Å². The normalized spacial score (nSPS) is 10.5. The van der Waals surface area contributed by atoms with Crippen molar-refractivity contribution in [3.05, 3.63) is 35.9 Å². The molecule has 7 heteroatoms. The third kappa shape index (κ3) is 2.28. The number of benzene rings is 1. The van der Waals surface area contributed by atoms with Crippen molar-refractivity contribution in [2.24, 2.45) is 7.05 Å². The summed E-state index contributed by atoms with van der Waals surface area (Å²) in [5.74, 6) is -2.06. The molecule has 0 radical (unpaired) electrons. The summed E-state index contributed by atoms with van der Waals surface area (Å²) in [5, 5.41) is 16.9. The highest BCUT2D eigenvalue weighted by molar-refractivity contribution is 7.99. The molecule has 0 spiro atoms. The molecule has 0 saturated carbocycles. The van der Waals surface area contributed by atoms with E-state index in [0.717, 1.165) is 17.8 Å². The predicted molar refractivity (Wildman–Crippen MR) is 58.5 cm³/mol. The van der Waals surface area contributed by atoms with Gasteiger partial charge in [-0.3, -0.25) is 0 Å². The first-order valence-electron chi connectivity index (χ1n) is 4.63. The van der Waals surface area contributed by atoms with Gasteiger partial charge in [-0.05, 0) is 23.9 Å². The fraction of sp³-hybridized carbons (Fsp3) is 0.100. The maximum absolute atomic E-state index is 13.4. The third-order valence-corrected chi connectivity index (χ3v) is 3.17. The fourth-order valence-electron chi connectivity index (χ4n) is 1.26. The monoisotopic (exact) mass is 253 g/mol. The highest BCUT2D eigenvalue weighted by atomic mass is 32.2. The van der Waals surface area contributed by atoms with E-state index in [1.165, 1.54) is 18.5 Å². The molecule has 1 N–H and O–H groups in total. The molecule has 0 unspecified atom stereocenters. The van der Waals surface area contributed by atoms with Crippen LogP contribution in [0.1, 0.15) is 10.4 Å². The molecule has 2 rings (SSSR count). The molecule has 0 amide bonds. The number of halogens is 1. The zero-order valence-corrected chi connectivity index (χ0v) is 9.61. The Morgan fingerprint density at radius 2 is 2.29 bits per heavy atom. The molecule has 1 aromatic heterocycles. The van der Waals surface area contributed by atoms with Crippen LogP contribution in [0.15, 0.2) is 34.6 Å². The Bertz CT molecular complexity index is 570. The van der Waals surface area contributed by atoms with Gasteiger partial charge in [-0.2, -0.15) is 0 Å². The van der Waals surface area contributed by atoms with Crippen molar-refractivity contribution in [2.45, 2.75) is 10.1 Å². The van der Waals surface area contributed by atoms with Gasteiger partial charge in [0.15, 0.2) is 5.16 Å². The quantitative estimate of drug-likeness (QED) is 0.903. The van der Waals surface area contributed by atoms with Crippen molar-refractivity contribution in [1.29, 1.82) is 0 Å². The second-order valence-corrected chi connectivity index (χ2v) is 4.25. The Morgan fingerprint density at radius 1 is 1.53 bits per heavy atom. The van der Waals surface area contributed by atoms with Gasteiger partial charge in [0.05, 0.1) is 0 Å². The van der Waals surface area contributed by atoms with Crippen LogP contribution in [0, 0.1) is 5.82 Å². The zero-order chi connectivity index (χ0) is 12.4. The Morgan fingerprint density at radius 3 is 2.88 bits per heavy atom. The number of aryl methyl sites for hydroxylation is 1. The number of aromatic carboxylic acids is 1. The molecule has 0 aliphatic rings. The minimum atomic E-state index is -1.30. The molecular weight excluding hydrogens is 245 g/mol. The Kier molecular flexibility index (Phi) is 3.10. The summed E-state index contributed by atoms with van der Waals surface area (Å²) in [6.45, 7) is 0. The lowest BCUT2D eigenvalue weighted by Crippen LogP contribution is -2.03. The number of hydrogen-bond acceptors (Lipinski definition) is 4. The van der Waals surface area contributed by atoms with Crippen LogP contribution in [0.25, 0.3) is 0 Å². The highest BCUT2D eigenvalue weighted by Gasteiger charge is 2.17. The van der Waals surface area contributed by atoms with Crippen LogP contribution < -0.4 is 0 Å². The van der Waals surface area contributed by atoms with E-state index >= 15 is 0 Å². The van der Waals surface area contributed by atoms with Crippen molar-refractivity contribution in [1.82, 2.24) is 14.8 Å². The maximum atomic E-state index is 13.4. The van der Waals surface area contributed by atoms with E-state index in [9.17, 15) is 9.18 Å². The number of carboxylic acid groups (broad SMARTS) is 1. The van der Waals surface area contributed by atoms with Crippen molar-refractivity contribution in [2.75, 3.05) is 0 Å². The molecule has 0 atom stereocenters. The first-order valence-corrected chi connectivity index (χ1v) is 5.45. The molecule has 17 heavy (non-hydrogen) atoms. The van der Waals surface area contributed by atoms with Gasteiger partial charge in [-0.25, -0.2) is 9.18 Å². The van der Waals surface area contributed by atoms with Gasteiger partial charge in [0.25, 0.3) is 0 Å². The van der Waals surface area contributed by atoms with Crippen LogP contribution in [-0.2, 0) is 7.05 Å². The standard InChI is InChI=1S/C10H8FN3O2S/c1-14-5-12-13-10(14)17-7-4-2-3-6(11)8(7)9(15)16/h2-5H,1H3,(H,15,16). The third-order valence-electron chi connectivity index (χ3n) is 2.06. The lowest BCUT2D eigenvalue weighted by atomic mass is 10.2. The summed E-state index contributed by atoms with van der Waals surface area (Å²) in [7, 11) is 1.72. The van der Waals surface area contributed by atoms with Gasteiger partial charge >= 0.3 is 5.97 Å². The lowest BCUT2D eigenvalue weighted by molar-refractivity contribution is 0.0688. The molecule has 0 bridgehead atoms. The average molecular weight is 253 g/mol. The molecule has 0 fully saturated rings. The molecule has 1 aromatic carbocycles. The van der Waals surface area contributed by atoms with Crippen molar-refractivity contribution in [3.63, 3.8) is 0 Å². The largest absolute Gasteiger partial charge is 0.478 e. The molecule has 0 saturated heterocycles. The van der Waals surface area contributed by atoms with E-state index in [2.05, 4.69) is 10.2 Å². The summed E-state index contributed by atoms with van der Waals surface area (Å²) in [4.78, 5) is 11.3. The molecule has 0 aliphatic heterocycles. The van der Waals surface area contributed by atoms with Crippen molar-refractivity contribution < 1.29 is 14.3 Å². The number of carboxylic acids is 1. The first kappa shape index (κ1) is 11.6. The van der Waals surface area contributed by atoms with E-state index in [-0.39, 0.29) is 5.56 Å². The molecular formula is C10H8FN3O2S. The Hall–Kier alpha value is -1.89. The second-order valence-electron chi connectivity index (χ2n) is 3.24. The zero-order valence-electron chi connectivity index (χ0n) is 8.79. The summed E-state index contributed by atoms with van der Waals surface area (Å²) in [6, 6.07) is 4.11. The summed E-state index contributed by atoms with van der Waals surface area (Å²) in [5.41, 5.74) is -0.347. The smallest absolute Gasteiger partial charge is 0.339 e. The van der Waals surface area contributed by atoms with E-state index in [1.807, 2.05) is 0 Å². The number of carbonyl (C=O) groups is 1. The van der Waals surface area contributed by atoms with E-state index in [4.69, 9.17) is 5.11 Å². The maximum Gasteiger partial charge on any atom is 0.339 e. The minimum Gasteiger partial charge on any atom is -0.478 e. The van der Waals surface area contributed by atoms with Crippen molar-refractivity contribution >= 4 is 17.7 Å². The van der Waals surface area contributed by atoms with E-state index < -0.39 is 11.8 Å². The van der Waals surface area contributed by atoms with E-state index in [0.29, 0.717) is 10.1 Å². The van der Waals surface area contributed by atoms with Gasteiger partial charge in [-0.15, -0.1) is 10.2 Å². The summed E-state index contributed by atoms with van der Waals surface area (Å²) >= 11 is 1.06. The van der Waals surface area contributed by atoms with Crippen LogP contribution in [0.4, 0.5) is 4.39 Å². The topological polar surface area (TPSA) is 68.0 Å². The molecule has 0 aliphatic carbocycles. The van der Waals surface area contributed by atoms with Gasteiger partial charge in [0.1, 0.15) is 17.7 Å². The van der Waals surface area contributed by atoms with Crippen LogP contribution >= 0.6 is 11.8 Å². The first-order chi connectivity index (χ1) is 8.09. The fourth-order valence-corrected chi connectivity index (χ4v) is 2.17. The highest BCUT2D eigenvalue weighted by Crippen LogP contribution is 2.29. The number of nitrogens with zero attached hydrogens (tertiary/aromatic N) is 3. The number of rotatable bonds is 3. The Labute approximate surface area is 100 Å². The SMILES string of the molecule is Cn1cnnc1Sc1cccc(F)c1C(=O)O. The van der Waals surface area contributed by atoms with Gasteiger partial charge in [-0.1, -0.05) is 6.07 Å². The predicted octanol–water partition coefficient (Wildman–Crippen LogP) is 1.80. The lowest BCUT2D eigenvalue weighted by Gasteiger charge is -2.05. The van der Waals surface area contributed by atoms with Crippen LogP contribution in [-0.4, -0.2) is 25.8 Å². The number of aromatic nitrogens is 3. The van der Waals surface area contributed by atoms with Gasteiger partial charge in [0, 0.05) is 11.9 Å². The molecule has 88 valence electrons. The minimum absolute atomic E-state index is 0.300. The number of hydrogen-bond donors (Lipinski definition) is 1. The molecule has 2 aromatic rings.